The number of aliphatic hydroxyl groups is 1. The zero-order chi connectivity index (χ0) is 17.6. The van der Waals surface area contributed by atoms with Gasteiger partial charge in [0.2, 0.25) is 0 Å². The van der Waals surface area contributed by atoms with Gasteiger partial charge in [-0.1, -0.05) is 19.1 Å². The highest BCUT2D eigenvalue weighted by Gasteiger charge is 2.26. The van der Waals surface area contributed by atoms with E-state index in [0.29, 0.717) is 30.4 Å². The number of rotatable bonds is 15. The van der Waals surface area contributed by atoms with E-state index in [1.54, 1.807) is 0 Å². The molecule has 0 atom stereocenters. The van der Waals surface area contributed by atoms with Gasteiger partial charge in [-0.3, -0.25) is 9.59 Å². The van der Waals surface area contributed by atoms with Crippen molar-refractivity contribution in [3.8, 4) is 0 Å². The molecule has 0 unspecified atom stereocenters. The van der Waals surface area contributed by atoms with Crippen molar-refractivity contribution in [3.05, 3.63) is 12.2 Å². The molecule has 0 amide bonds. The van der Waals surface area contributed by atoms with Gasteiger partial charge in [0.25, 0.3) is 0 Å². The summed E-state index contributed by atoms with van der Waals surface area (Å²) in [4.78, 5) is 21.4. The molecule has 0 rings (SSSR count). The summed E-state index contributed by atoms with van der Waals surface area (Å²) >= 11 is 0. The Hall–Kier alpha value is -1.40. The molecular formula is C17H32NO5+. The van der Waals surface area contributed by atoms with Gasteiger partial charge in [-0.2, -0.15) is 0 Å². The summed E-state index contributed by atoms with van der Waals surface area (Å²) in [7, 11) is 0. The fourth-order valence-electron chi connectivity index (χ4n) is 2.67. The smallest absolute Gasteiger partial charge is 0.303 e. The minimum Gasteiger partial charge on any atom is -0.481 e. The van der Waals surface area contributed by atoms with E-state index in [9.17, 15) is 14.7 Å². The van der Waals surface area contributed by atoms with Crippen molar-refractivity contribution in [1.29, 1.82) is 0 Å². The Morgan fingerprint density at radius 3 is 1.83 bits per heavy atom. The normalized spacial score (nSPS) is 11.9. The van der Waals surface area contributed by atoms with Gasteiger partial charge in [-0.15, -0.1) is 0 Å². The third-order valence-corrected chi connectivity index (χ3v) is 4.00. The van der Waals surface area contributed by atoms with Crippen LogP contribution >= 0.6 is 0 Å². The summed E-state index contributed by atoms with van der Waals surface area (Å²) < 4.78 is 0.401. The van der Waals surface area contributed by atoms with Crippen LogP contribution < -0.4 is 0 Å². The average Bonchev–Trinajstić information content (AvgIpc) is 2.49. The minimum absolute atomic E-state index is 0.0654. The quantitative estimate of drug-likeness (QED) is 0.186. The van der Waals surface area contributed by atoms with Crippen molar-refractivity contribution in [2.45, 2.75) is 58.3 Å². The highest BCUT2D eigenvalue weighted by atomic mass is 16.4. The zero-order valence-corrected chi connectivity index (χ0v) is 14.2. The summed E-state index contributed by atoms with van der Waals surface area (Å²) in [5, 5.41) is 27.4. The molecule has 0 saturated heterocycles. The minimum atomic E-state index is -0.837. The number of nitrogens with zero attached hydrogens (tertiary/aromatic N) is 1. The molecule has 0 aromatic carbocycles. The van der Waals surface area contributed by atoms with Crippen molar-refractivity contribution >= 4 is 11.9 Å². The average molecular weight is 330 g/mol. The van der Waals surface area contributed by atoms with Gasteiger partial charge in [0, 0.05) is 12.8 Å². The first-order chi connectivity index (χ1) is 11.0. The van der Waals surface area contributed by atoms with Crippen LogP contribution in [0.1, 0.15) is 58.3 Å². The Balaban J connectivity index is 4.43. The summed E-state index contributed by atoms with van der Waals surface area (Å²) in [5.41, 5.74) is 0. The van der Waals surface area contributed by atoms with Crippen LogP contribution in [0.3, 0.4) is 0 Å². The van der Waals surface area contributed by atoms with Crippen LogP contribution in [0, 0.1) is 0 Å². The van der Waals surface area contributed by atoms with Gasteiger partial charge in [0.15, 0.2) is 6.73 Å². The maximum absolute atomic E-state index is 10.7. The Morgan fingerprint density at radius 1 is 0.870 bits per heavy atom. The monoisotopic (exact) mass is 330 g/mol. The first-order valence-corrected chi connectivity index (χ1v) is 8.50. The number of hydrogen-bond acceptors (Lipinski definition) is 3. The van der Waals surface area contributed by atoms with Gasteiger partial charge >= 0.3 is 11.9 Å². The number of allylic oxidation sites excluding steroid dienone is 2. The Morgan fingerprint density at radius 2 is 1.39 bits per heavy atom. The van der Waals surface area contributed by atoms with Gasteiger partial charge in [-0.05, 0) is 25.7 Å². The molecule has 0 heterocycles. The van der Waals surface area contributed by atoms with E-state index < -0.39 is 11.9 Å². The molecule has 3 N–H and O–H groups in total. The van der Waals surface area contributed by atoms with Gasteiger partial charge in [-0.25, -0.2) is 0 Å². The number of carbonyl (C=O) groups is 2. The number of unbranched alkanes of at least 4 members (excludes halogenated alkanes) is 2. The second-order valence-electron chi connectivity index (χ2n) is 6.02. The second kappa shape index (κ2) is 13.1. The fourth-order valence-corrected chi connectivity index (χ4v) is 2.67. The molecule has 0 aliphatic rings. The number of carboxylic acids is 2. The molecule has 23 heavy (non-hydrogen) atoms. The lowest BCUT2D eigenvalue weighted by atomic mass is 10.1. The molecule has 134 valence electrons. The Bertz CT molecular complexity index is 348. The molecule has 0 aliphatic carbocycles. The van der Waals surface area contributed by atoms with Crippen molar-refractivity contribution in [2.75, 3.05) is 26.4 Å². The van der Waals surface area contributed by atoms with E-state index in [0.717, 1.165) is 32.2 Å². The SMILES string of the molecule is CC/C=C/CCCC[N+](CO)(CCCC(=O)O)CCCC(=O)O. The van der Waals surface area contributed by atoms with Crippen molar-refractivity contribution in [2.24, 2.45) is 0 Å². The van der Waals surface area contributed by atoms with Gasteiger partial charge in [0.05, 0.1) is 32.5 Å². The molecule has 0 aromatic rings. The van der Waals surface area contributed by atoms with Crippen LogP contribution in [0.5, 0.6) is 0 Å². The molecule has 6 heteroatoms. The molecular weight excluding hydrogens is 298 g/mol. The fraction of sp³-hybridized carbons (Fsp3) is 0.765. The van der Waals surface area contributed by atoms with E-state index in [4.69, 9.17) is 10.2 Å². The van der Waals surface area contributed by atoms with Crippen LogP contribution in [-0.2, 0) is 9.59 Å². The largest absolute Gasteiger partial charge is 0.481 e. The highest BCUT2D eigenvalue weighted by molar-refractivity contribution is 5.66. The third-order valence-electron chi connectivity index (χ3n) is 4.00. The standard InChI is InChI=1S/C17H31NO5/c1-2-3-4-5-6-7-12-18(15-19,13-8-10-16(20)21)14-9-11-17(22)23/h3-4,19H,2,5-15H2,1H3,(H-,20,21,22,23)/p+1/b4-3+. The predicted octanol–water partition coefficient (Wildman–Crippen LogP) is 2.62. The van der Waals surface area contributed by atoms with Crippen molar-refractivity contribution in [1.82, 2.24) is 0 Å². The molecule has 6 nitrogen and oxygen atoms in total. The van der Waals surface area contributed by atoms with Crippen LogP contribution in [0.25, 0.3) is 0 Å². The number of aliphatic carboxylic acids is 2. The van der Waals surface area contributed by atoms with Crippen molar-refractivity contribution in [3.63, 3.8) is 0 Å². The second-order valence-corrected chi connectivity index (χ2v) is 6.02. The van der Waals surface area contributed by atoms with E-state index in [1.807, 2.05) is 0 Å². The summed E-state index contributed by atoms with van der Waals surface area (Å²) in [6.45, 7) is 3.94. The Kier molecular flexibility index (Phi) is 12.3. The summed E-state index contributed by atoms with van der Waals surface area (Å²) in [6, 6.07) is 0. The molecule has 0 fully saturated rings. The van der Waals surface area contributed by atoms with E-state index >= 15 is 0 Å². The zero-order valence-electron chi connectivity index (χ0n) is 14.2. The highest BCUT2D eigenvalue weighted by Crippen LogP contribution is 2.14. The van der Waals surface area contributed by atoms with Crippen LogP contribution in [0.2, 0.25) is 0 Å². The lowest BCUT2D eigenvalue weighted by molar-refractivity contribution is -0.945. The Labute approximate surface area is 139 Å². The first kappa shape index (κ1) is 21.6. The molecule has 0 aromatic heterocycles. The van der Waals surface area contributed by atoms with Crippen molar-refractivity contribution < 1.29 is 29.4 Å². The molecule has 0 spiro atoms. The maximum Gasteiger partial charge on any atom is 0.303 e. The number of carboxylic acid groups (broad SMARTS) is 2. The number of quaternary nitrogens is 1. The van der Waals surface area contributed by atoms with Crippen LogP contribution in [0.15, 0.2) is 12.2 Å². The summed E-state index contributed by atoms with van der Waals surface area (Å²) in [5.74, 6) is -1.67. The molecule has 0 radical (unpaired) electrons. The number of hydrogen-bond donors (Lipinski definition) is 3. The van der Waals surface area contributed by atoms with E-state index in [-0.39, 0.29) is 19.6 Å². The summed E-state index contributed by atoms with van der Waals surface area (Å²) in [6.07, 6.45) is 9.44. The number of aliphatic hydroxyl groups excluding tert-OH is 1. The molecule has 0 bridgehead atoms. The lowest BCUT2D eigenvalue weighted by Crippen LogP contribution is -2.51. The van der Waals surface area contributed by atoms with E-state index in [2.05, 4.69) is 19.1 Å². The topological polar surface area (TPSA) is 94.8 Å². The maximum atomic E-state index is 10.7. The molecule has 0 aliphatic heterocycles. The lowest BCUT2D eigenvalue weighted by Gasteiger charge is -2.37. The van der Waals surface area contributed by atoms with Gasteiger partial charge in [0.1, 0.15) is 0 Å². The molecule has 0 saturated carbocycles. The first-order valence-electron chi connectivity index (χ1n) is 8.50. The van der Waals surface area contributed by atoms with Crippen LogP contribution in [-0.4, -0.2) is 58.1 Å². The van der Waals surface area contributed by atoms with Gasteiger partial charge < -0.3 is 19.8 Å². The third kappa shape index (κ3) is 11.8. The van der Waals surface area contributed by atoms with E-state index in [1.165, 1.54) is 0 Å². The van der Waals surface area contributed by atoms with Crippen LogP contribution in [0.4, 0.5) is 0 Å². The predicted molar refractivity (Wildman–Crippen MR) is 89.0 cm³/mol.